The maximum atomic E-state index is 14.3. The van der Waals surface area contributed by atoms with Crippen molar-refractivity contribution in [3.63, 3.8) is 0 Å². The average molecular weight is 403 g/mol. The quantitative estimate of drug-likeness (QED) is 0.367. The number of aromatic nitrogens is 4. The zero-order chi connectivity index (χ0) is 20.0. The fraction of sp³-hybridized carbons (Fsp3) is 0.0435. The van der Waals surface area contributed by atoms with Gasteiger partial charge in [-0.15, -0.1) is 0 Å². The van der Waals surface area contributed by atoms with Gasteiger partial charge in [-0.2, -0.15) is 0 Å². The van der Waals surface area contributed by atoms with E-state index < -0.39 is 0 Å². The SMILES string of the molecule is Cc1cc(-c2ncc[nH]2)ncc1-c1ccc2[nH]c(-c3c(F)cccc3Cl)cc2c1. The second-order valence-electron chi connectivity index (χ2n) is 6.90. The van der Waals surface area contributed by atoms with Gasteiger partial charge in [0.2, 0.25) is 0 Å². The summed E-state index contributed by atoms with van der Waals surface area (Å²) in [6.45, 7) is 2.05. The predicted molar refractivity (Wildman–Crippen MR) is 114 cm³/mol. The van der Waals surface area contributed by atoms with Crippen molar-refractivity contribution in [2.45, 2.75) is 6.92 Å². The number of fused-ring (bicyclic) bond motifs is 1. The third-order valence-electron chi connectivity index (χ3n) is 5.02. The van der Waals surface area contributed by atoms with Crippen LogP contribution in [-0.2, 0) is 0 Å². The van der Waals surface area contributed by atoms with Crippen LogP contribution in [0.15, 0.2) is 67.1 Å². The lowest BCUT2D eigenvalue weighted by Crippen LogP contribution is -1.90. The van der Waals surface area contributed by atoms with Gasteiger partial charge in [0, 0.05) is 35.1 Å². The highest BCUT2D eigenvalue weighted by molar-refractivity contribution is 6.33. The maximum Gasteiger partial charge on any atom is 0.155 e. The maximum absolute atomic E-state index is 14.3. The predicted octanol–water partition coefficient (Wildman–Crippen LogP) is 6.39. The summed E-state index contributed by atoms with van der Waals surface area (Å²) in [5.41, 5.74) is 5.93. The van der Waals surface area contributed by atoms with Gasteiger partial charge < -0.3 is 9.97 Å². The van der Waals surface area contributed by atoms with Gasteiger partial charge in [0.15, 0.2) is 5.82 Å². The Morgan fingerprint density at radius 1 is 1.03 bits per heavy atom. The van der Waals surface area contributed by atoms with Crippen molar-refractivity contribution in [1.82, 2.24) is 19.9 Å². The zero-order valence-corrected chi connectivity index (χ0v) is 16.3. The molecule has 0 atom stereocenters. The Bertz CT molecular complexity index is 1320. The molecule has 0 bridgehead atoms. The molecule has 5 rings (SSSR count). The summed E-state index contributed by atoms with van der Waals surface area (Å²) < 4.78 is 14.3. The van der Waals surface area contributed by atoms with Crippen LogP contribution in [0.4, 0.5) is 4.39 Å². The molecular weight excluding hydrogens is 387 g/mol. The minimum Gasteiger partial charge on any atom is -0.354 e. The fourth-order valence-corrected chi connectivity index (χ4v) is 3.85. The third kappa shape index (κ3) is 3.09. The molecule has 0 fully saturated rings. The van der Waals surface area contributed by atoms with Gasteiger partial charge >= 0.3 is 0 Å². The van der Waals surface area contributed by atoms with Crippen LogP contribution < -0.4 is 0 Å². The van der Waals surface area contributed by atoms with Crippen molar-refractivity contribution in [1.29, 1.82) is 0 Å². The number of hydrogen-bond acceptors (Lipinski definition) is 2. The van der Waals surface area contributed by atoms with Gasteiger partial charge in [0.05, 0.1) is 16.3 Å². The second-order valence-corrected chi connectivity index (χ2v) is 7.31. The van der Waals surface area contributed by atoms with Crippen LogP contribution in [-0.4, -0.2) is 19.9 Å². The van der Waals surface area contributed by atoms with Gasteiger partial charge in [-0.25, -0.2) is 9.37 Å². The van der Waals surface area contributed by atoms with Crippen molar-refractivity contribution in [2.75, 3.05) is 0 Å². The number of benzene rings is 2. The molecule has 0 radical (unpaired) electrons. The summed E-state index contributed by atoms with van der Waals surface area (Å²) >= 11 is 6.22. The van der Waals surface area contributed by atoms with Crippen LogP contribution >= 0.6 is 11.6 Å². The Morgan fingerprint density at radius 2 is 1.93 bits per heavy atom. The third-order valence-corrected chi connectivity index (χ3v) is 5.33. The molecule has 29 heavy (non-hydrogen) atoms. The van der Waals surface area contributed by atoms with E-state index in [4.69, 9.17) is 11.6 Å². The van der Waals surface area contributed by atoms with Gasteiger partial charge in [0.25, 0.3) is 0 Å². The number of halogens is 2. The first kappa shape index (κ1) is 17.6. The first-order valence-electron chi connectivity index (χ1n) is 9.14. The van der Waals surface area contributed by atoms with E-state index in [-0.39, 0.29) is 5.82 Å². The number of aromatic amines is 2. The summed E-state index contributed by atoms with van der Waals surface area (Å²) in [6.07, 6.45) is 5.34. The van der Waals surface area contributed by atoms with Crippen LogP contribution in [0.1, 0.15) is 5.56 Å². The van der Waals surface area contributed by atoms with Gasteiger partial charge in [0.1, 0.15) is 11.5 Å². The van der Waals surface area contributed by atoms with Crippen LogP contribution in [0.5, 0.6) is 0 Å². The fourth-order valence-electron chi connectivity index (χ4n) is 3.58. The summed E-state index contributed by atoms with van der Waals surface area (Å²) in [4.78, 5) is 15.1. The number of imidazole rings is 1. The number of aryl methyl sites for hydroxylation is 1. The van der Waals surface area contributed by atoms with Crippen LogP contribution in [0, 0.1) is 12.7 Å². The molecule has 0 aliphatic carbocycles. The van der Waals surface area contributed by atoms with Gasteiger partial charge in [-0.05, 0) is 54.4 Å². The van der Waals surface area contributed by atoms with Crippen molar-refractivity contribution in [3.05, 3.63) is 83.5 Å². The highest BCUT2D eigenvalue weighted by Crippen LogP contribution is 2.34. The second kappa shape index (κ2) is 6.87. The van der Waals surface area contributed by atoms with Crippen LogP contribution in [0.3, 0.4) is 0 Å². The summed E-state index contributed by atoms with van der Waals surface area (Å²) in [6, 6.07) is 14.7. The highest BCUT2D eigenvalue weighted by atomic mass is 35.5. The van der Waals surface area contributed by atoms with Crippen molar-refractivity contribution < 1.29 is 4.39 Å². The largest absolute Gasteiger partial charge is 0.354 e. The van der Waals surface area contributed by atoms with Crippen LogP contribution in [0.2, 0.25) is 5.02 Å². The molecule has 142 valence electrons. The van der Waals surface area contributed by atoms with Crippen LogP contribution in [0.25, 0.3) is 44.8 Å². The molecule has 0 aliphatic rings. The molecular formula is C23H16ClFN4. The standard InChI is InChI=1S/C23H16ClFN4/c1-13-9-21(23-26-7-8-27-23)28-12-16(13)14-5-6-19-15(10-14)11-20(29-19)22-17(24)3-2-4-18(22)25/h2-12,29H,1H3,(H,26,27). The summed E-state index contributed by atoms with van der Waals surface area (Å²) in [7, 11) is 0. The molecule has 3 aromatic heterocycles. The minimum atomic E-state index is -0.349. The first-order valence-corrected chi connectivity index (χ1v) is 9.52. The Morgan fingerprint density at radius 3 is 2.69 bits per heavy atom. The van der Waals surface area contributed by atoms with E-state index in [2.05, 4.69) is 32.9 Å². The number of nitrogens with zero attached hydrogens (tertiary/aromatic N) is 2. The number of pyridine rings is 1. The molecule has 4 nitrogen and oxygen atoms in total. The number of rotatable bonds is 3. The van der Waals surface area contributed by atoms with E-state index in [9.17, 15) is 4.39 Å². The van der Waals surface area contributed by atoms with Crippen molar-refractivity contribution in [2.24, 2.45) is 0 Å². The van der Waals surface area contributed by atoms with E-state index >= 15 is 0 Å². The average Bonchev–Trinajstić information content (AvgIpc) is 3.37. The van der Waals surface area contributed by atoms with E-state index in [1.807, 2.05) is 30.5 Å². The Labute approximate surface area is 171 Å². The molecule has 5 aromatic rings. The molecule has 0 saturated heterocycles. The zero-order valence-electron chi connectivity index (χ0n) is 15.5. The van der Waals surface area contributed by atoms with Crippen molar-refractivity contribution >= 4 is 22.5 Å². The molecule has 0 unspecified atom stereocenters. The molecule has 0 amide bonds. The number of nitrogens with one attached hydrogen (secondary N) is 2. The number of hydrogen-bond donors (Lipinski definition) is 2. The number of H-pyrrole nitrogens is 2. The highest BCUT2D eigenvalue weighted by Gasteiger charge is 2.13. The molecule has 0 spiro atoms. The smallest absolute Gasteiger partial charge is 0.155 e. The molecule has 2 N–H and O–H groups in total. The topological polar surface area (TPSA) is 57.4 Å². The Kier molecular flexibility index (Phi) is 4.18. The molecule has 6 heteroatoms. The van der Waals surface area contributed by atoms with E-state index in [1.54, 1.807) is 24.5 Å². The molecule has 0 saturated carbocycles. The molecule has 3 heterocycles. The monoisotopic (exact) mass is 402 g/mol. The normalized spacial score (nSPS) is 11.3. The minimum absolute atomic E-state index is 0.349. The lowest BCUT2D eigenvalue weighted by Gasteiger charge is -2.07. The Balaban J connectivity index is 1.57. The summed E-state index contributed by atoms with van der Waals surface area (Å²) in [5, 5.41) is 1.36. The van der Waals surface area contributed by atoms with E-state index in [0.29, 0.717) is 16.3 Å². The van der Waals surface area contributed by atoms with E-state index in [0.717, 1.165) is 39.1 Å². The first-order chi connectivity index (χ1) is 14.1. The van der Waals surface area contributed by atoms with Gasteiger partial charge in [-0.1, -0.05) is 23.7 Å². The molecule has 0 aliphatic heterocycles. The van der Waals surface area contributed by atoms with Crippen molar-refractivity contribution in [3.8, 4) is 33.9 Å². The lowest BCUT2D eigenvalue weighted by atomic mass is 10.0. The van der Waals surface area contributed by atoms with Gasteiger partial charge in [-0.3, -0.25) is 4.98 Å². The Hall–Kier alpha value is -3.44. The van der Waals surface area contributed by atoms with E-state index in [1.165, 1.54) is 6.07 Å². The molecule has 2 aromatic carbocycles. The lowest BCUT2D eigenvalue weighted by molar-refractivity contribution is 0.631. The summed E-state index contributed by atoms with van der Waals surface area (Å²) in [5.74, 6) is 0.394.